The third kappa shape index (κ3) is 3.15. The van der Waals surface area contributed by atoms with Crippen LogP contribution in [0, 0.1) is 0 Å². The van der Waals surface area contributed by atoms with E-state index in [1.54, 1.807) is 0 Å². The Balaban J connectivity index is 3.06. The van der Waals surface area contributed by atoms with Crippen molar-refractivity contribution in [1.82, 2.24) is 0 Å². The van der Waals surface area contributed by atoms with Gasteiger partial charge in [-0.3, -0.25) is 4.79 Å². The second kappa shape index (κ2) is 4.42. The zero-order valence-corrected chi connectivity index (χ0v) is 8.03. The SMILES string of the molecule is O=C(O)CC(c1cccc(O)c1)C(F)(F)F. The van der Waals surface area contributed by atoms with Gasteiger partial charge in [0.1, 0.15) is 5.75 Å². The molecule has 0 aliphatic rings. The second-order valence-corrected chi connectivity index (χ2v) is 3.29. The van der Waals surface area contributed by atoms with Gasteiger partial charge in [0.2, 0.25) is 0 Å². The molecule has 0 bridgehead atoms. The third-order valence-electron chi connectivity index (χ3n) is 2.05. The molecule has 16 heavy (non-hydrogen) atoms. The molecule has 0 fully saturated rings. The fourth-order valence-electron chi connectivity index (χ4n) is 1.34. The molecule has 1 atom stereocenters. The van der Waals surface area contributed by atoms with E-state index in [1.165, 1.54) is 12.1 Å². The van der Waals surface area contributed by atoms with Gasteiger partial charge in [-0.2, -0.15) is 13.2 Å². The molecule has 6 heteroatoms. The van der Waals surface area contributed by atoms with Crippen LogP contribution in [0.2, 0.25) is 0 Å². The van der Waals surface area contributed by atoms with Crippen molar-refractivity contribution in [2.24, 2.45) is 0 Å². The van der Waals surface area contributed by atoms with Crippen molar-refractivity contribution in [2.45, 2.75) is 18.5 Å². The highest BCUT2D eigenvalue weighted by Crippen LogP contribution is 2.38. The monoisotopic (exact) mass is 234 g/mol. The third-order valence-corrected chi connectivity index (χ3v) is 2.05. The Morgan fingerprint density at radius 2 is 2.00 bits per heavy atom. The number of alkyl halides is 3. The molecule has 0 saturated heterocycles. The second-order valence-electron chi connectivity index (χ2n) is 3.29. The molecule has 1 aromatic carbocycles. The fraction of sp³-hybridized carbons (Fsp3) is 0.300. The average Bonchev–Trinajstić information content (AvgIpc) is 2.12. The molecule has 3 nitrogen and oxygen atoms in total. The first kappa shape index (κ1) is 12.4. The number of phenolic OH excluding ortho intramolecular Hbond substituents is 1. The molecule has 1 rings (SSSR count). The number of phenols is 1. The Labute approximate surface area is 89.1 Å². The van der Waals surface area contributed by atoms with Crippen LogP contribution in [0.3, 0.4) is 0 Å². The zero-order chi connectivity index (χ0) is 12.3. The van der Waals surface area contributed by atoms with E-state index in [2.05, 4.69) is 0 Å². The molecule has 1 aromatic rings. The number of aromatic hydroxyl groups is 1. The lowest BCUT2D eigenvalue weighted by Crippen LogP contribution is -2.23. The van der Waals surface area contributed by atoms with Crippen LogP contribution in [-0.2, 0) is 4.79 Å². The highest BCUT2D eigenvalue weighted by molar-refractivity contribution is 5.68. The van der Waals surface area contributed by atoms with Crippen LogP contribution in [0.15, 0.2) is 24.3 Å². The number of hydrogen-bond donors (Lipinski definition) is 2. The van der Waals surface area contributed by atoms with Crippen LogP contribution in [0.1, 0.15) is 17.9 Å². The number of carboxylic acids is 1. The van der Waals surface area contributed by atoms with Crippen LogP contribution in [-0.4, -0.2) is 22.4 Å². The smallest absolute Gasteiger partial charge is 0.396 e. The lowest BCUT2D eigenvalue weighted by atomic mass is 9.95. The standard InChI is InChI=1S/C10H9F3O3/c11-10(12,13)8(5-9(15)16)6-2-1-3-7(14)4-6/h1-4,8,14H,5H2,(H,15,16). The van der Waals surface area contributed by atoms with Crippen molar-refractivity contribution in [3.05, 3.63) is 29.8 Å². The summed E-state index contributed by atoms with van der Waals surface area (Å²) in [7, 11) is 0. The van der Waals surface area contributed by atoms with E-state index < -0.39 is 24.5 Å². The summed E-state index contributed by atoms with van der Waals surface area (Å²) < 4.78 is 37.7. The Morgan fingerprint density at radius 1 is 1.38 bits per heavy atom. The minimum absolute atomic E-state index is 0.255. The summed E-state index contributed by atoms with van der Waals surface area (Å²) in [5.74, 6) is -3.96. The number of carboxylic acid groups (broad SMARTS) is 1. The maximum absolute atomic E-state index is 12.6. The van der Waals surface area contributed by atoms with Crippen LogP contribution in [0.25, 0.3) is 0 Å². The summed E-state index contributed by atoms with van der Waals surface area (Å²) in [5.41, 5.74) is -0.255. The number of halogens is 3. The first-order chi connectivity index (χ1) is 7.30. The molecular formula is C10H9F3O3. The Morgan fingerprint density at radius 3 is 2.44 bits per heavy atom. The summed E-state index contributed by atoms with van der Waals surface area (Å²) in [4.78, 5) is 10.4. The predicted molar refractivity (Wildman–Crippen MR) is 49.2 cm³/mol. The summed E-state index contributed by atoms with van der Waals surface area (Å²) in [5, 5.41) is 17.5. The van der Waals surface area contributed by atoms with Crippen molar-refractivity contribution in [2.75, 3.05) is 0 Å². The van der Waals surface area contributed by atoms with E-state index in [0.717, 1.165) is 12.1 Å². The van der Waals surface area contributed by atoms with Gasteiger partial charge in [0.25, 0.3) is 0 Å². The van der Waals surface area contributed by atoms with Gasteiger partial charge in [-0.25, -0.2) is 0 Å². The van der Waals surface area contributed by atoms with Gasteiger partial charge in [0.15, 0.2) is 0 Å². The number of hydrogen-bond acceptors (Lipinski definition) is 2. The molecule has 0 radical (unpaired) electrons. The lowest BCUT2D eigenvalue weighted by Gasteiger charge is -2.18. The van der Waals surface area contributed by atoms with Gasteiger partial charge in [-0.1, -0.05) is 12.1 Å². The van der Waals surface area contributed by atoms with E-state index >= 15 is 0 Å². The van der Waals surface area contributed by atoms with Gasteiger partial charge in [-0.05, 0) is 17.7 Å². The van der Waals surface area contributed by atoms with Crippen molar-refractivity contribution < 1.29 is 28.2 Å². The first-order valence-corrected chi connectivity index (χ1v) is 4.38. The van der Waals surface area contributed by atoms with Gasteiger partial charge in [0.05, 0.1) is 12.3 Å². The normalized spacial score (nSPS) is 13.4. The molecule has 1 unspecified atom stereocenters. The van der Waals surface area contributed by atoms with Crippen molar-refractivity contribution in [3.8, 4) is 5.75 Å². The Kier molecular flexibility index (Phi) is 3.41. The minimum atomic E-state index is -4.65. The molecule has 0 spiro atoms. The number of rotatable bonds is 3. The van der Waals surface area contributed by atoms with E-state index in [-0.39, 0.29) is 11.3 Å². The highest BCUT2D eigenvalue weighted by Gasteiger charge is 2.42. The lowest BCUT2D eigenvalue weighted by molar-refractivity contribution is -0.163. The van der Waals surface area contributed by atoms with Crippen molar-refractivity contribution in [3.63, 3.8) is 0 Å². The van der Waals surface area contributed by atoms with Crippen molar-refractivity contribution in [1.29, 1.82) is 0 Å². The van der Waals surface area contributed by atoms with E-state index in [9.17, 15) is 18.0 Å². The zero-order valence-electron chi connectivity index (χ0n) is 8.03. The molecule has 88 valence electrons. The number of aliphatic carboxylic acids is 1. The molecule has 0 amide bonds. The minimum Gasteiger partial charge on any atom is -0.508 e. The molecule has 0 aromatic heterocycles. The quantitative estimate of drug-likeness (QED) is 0.844. The highest BCUT2D eigenvalue weighted by atomic mass is 19.4. The topological polar surface area (TPSA) is 57.5 Å². The molecular weight excluding hydrogens is 225 g/mol. The van der Waals surface area contributed by atoms with E-state index in [4.69, 9.17) is 10.2 Å². The predicted octanol–water partition coefficient (Wildman–Crippen LogP) is 2.51. The van der Waals surface area contributed by atoms with Gasteiger partial charge in [0, 0.05) is 0 Å². The first-order valence-electron chi connectivity index (χ1n) is 4.38. The largest absolute Gasteiger partial charge is 0.508 e. The van der Waals surface area contributed by atoms with E-state index in [1.807, 2.05) is 0 Å². The van der Waals surface area contributed by atoms with Crippen molar-refractivity contribution >= 4 is 5.97 Å². The van der Waals surface area contributed by atoms with Crippen LogP contribution >= 0.6 is 0 Å². The molecule has 0 aliphatic heterocycles. The molecule has 0 saturated carbocycles. The maximum Gasteiger partial charge on any atom is 0.396 e. The number of benzene rings is 1. The molecule has 0 heterocycles. The van der Waals surface area contributed by atoms with Crippen LogP contribution in [0.4, 0.5) is 13.2 Å². The maximum atomic E-state index is 12.6. The molecule has 2 N–H and O–H groups in total. The Hall–Kier alpha value is -1.72. The van der Waals surface area contributed by atoms with E-state index in [0.29, 0.717) is 0 Å². The average molecular weight is 234 g/mol. The summed E-state index contributed by atoms with van der Waals surface area (Å²) in [6, 6.07) is 4.52. The number of carbonyl (C=O) groups is 1. The van der Waals surface area contributed by atoms with Gasteiger partial charge in [-0.15, -0.1) is 0 Å². The summed E-state index contributed by atoms with van der Waals surface area (Å²) >= 11 is 0. The van der Waals surface area contributed by atoms with Gasteiger partial charge < -0.3 is 10.2 Å². The van der Waals surface area contributed by atoms with Crippen LogP contribution in [0.5, 0.6) is 5.75 Å². The summed E-state index contributed by atoms with van der Waals surface area (Å²) in [6.45, 7) is 0. The van der Waals surface area contributed by atoms with Gasteiger partial charge >= 0.3 is 12.1 Å². The molecule has 0 aliphatic carbocycles. The van der Waals surface area contributed by atoms with Crippen LogP contribution < -0.4 is 0 Å². The Bertz CT molecular complexity index is 387. The fourth-order valence-corrected chi connectivity index (χ4v) is 1.34. The summed E-state index contributed by atoms with van der Waals surface area (Å²) in [6.07, 6.45) is -5.70.